The number of aliphatic hydroxyl groups is 1. The van der Waals surface area contributed by atoms with Gasteiger partial charge >= 0.3 is 0 Å². The van der Waals surface area contributed by atoms with E-state index in [9.17, 15) is 5.11 Å². The fraction of sp³-hybridized carbons (Fsp3) is 0.857. The SMILES string of the molecule is Cc1nc(C)n(CC2CCCN(C(C)C(C)O)C2)n1. The van der Waals surface area contributed by atoms with Crippen molar-refractivity contribution < 1.29 is 5.11 Å². The fourth-order valence-electron chi connectivity index (χ4n) is 2.90. The van der Waals surface area contributed by atoms with Gasteiger partial charge in [-0.2, -0.15) is 5.10 Å². The molecular formula is C14H26N4O. The highest BCUT2D eigenvalue weighted by molar-refractivity contribution is 4.89. The van der Waals surface area contributed by atoms with Crippen LogP contribution in [-0.2, 0) is 6.54 Å². The molecule has 108 valence electrons. The average molecular weight is 266 g/mol. The zero-order valence-electron chi connectivity index (χ0n) is 12.5. The zero-order valence-corrected chi connectivity index (χ0v) is 12.5. The summed E-state index contributed by atoms with van der Waals surface area (Å²) in [7, 11) is 0. The minimum absolute atomic E-state index is 0.237. The lowest BCUT2D eigenvalue weighted by Gasteiger charge is -2.38. The van der Waals surface area contributed by atoms with E-state index in [-0.39, 0.29) is 12.1 Å². The zero-order chi connectivity index (χ0) is 14.0. The molecule has 1 aromatic heterocycles. The molecule has 0 saturated carbocycles. The Kier molecular flexibility index (Phi) is 4.58. The summed E-state index contributed by atoms with van der Waals surface area (Å²) in [6, 6.07) is 0.237. The van der Waals surface area contributed by atoms with Crippen molar-refractivity contribution in [3.05, 3.63) is 11.6 Å². The molecule has 0 spiro atoms. The highest BCUT2D eigenvalue weighted by atomic mass is 16.3. The van der Waals surface area contributed by atoms with Crippen LogP contribution < -0.4 is 0 Å². The number of piperidine rings is 1. The Balaban J connectivity index is 1.96. The first-order valence-electron chi connectivity index (χ1n) is 7.27. The quantitative estimate of drug-likeness (QED) is 0.894. The summed E-state index contributed by atoms with van der Waals surface area (Å²) in [6.45, 7) is 11.0. The summed E-state index contributed by atoms with van der Waals surface area (Å²) < 4.78 is 2.02. The van der Waals surface area contributed by atoms with Crippen LogP contribution in [0.5, 0.6) is 0 Å². The molecule has 0 bridgehead atoms. The van der Waals surface area contributed by atoms with Gasteiger partial charge in [0.15, 0.2) is 0 Å². The van der Waals surface area contributed by atoms with E-state index in [2.05, 4.69) is 21.9 Å². The summed E-state index contributed by atoms with van der Waals surface area (Å²) in [4.78, 5) is 6.76. The Morgan fingerprint density at radius 3 is 2.68 bits per heavy atom. The van der Waals surface area contributed by atoms with E-state index in [1.807, 2.05) is 25.5 Å². The van der Waals surface area contributed by atoms with Gasteiger partial charge in [-0.3, -0.25) is 4.90 Å². The van der Waals surface area contributed by atoms with E-state index in [0.717, 1.165) is 31.3 Å². The lowest BCUT2D eigenvalue weighted by molar-refractivity contribution is 0.0396. The van der Waals surface area contributed by atoms with Gasteiger partial charge in [-0.1, -0.05) is 0 Å². The molecule has 0 amide bonds. The number of rotatable bonds is 4. The number of aryl methyl sites for hydroxylation is 2. The highest BCUT2D eigenvalue weighted by Gasteiger charge is 2.26. The van der Waals surface area contributed by atoms with Crippen molar-refractivity contribution >= 4 is 0 Å². The second-order valence-corrected chi connectivity index (χ2v) is 5.87. The lowest BCUT2D eigenvalue weighted by atomic mass is 9.96. The third-order valence-corrected chi connectivity index (χ3v) is 4.22. The predicted octanol–water partition coefficient (Wildman–Crippen LogP) is 1.38. The predicted molar refractivity (Wildman–Crippen MR) is 74.9 cm³/mol. The van der Waals surface area contributed by atoms with Gasteiger partial charge in [0.25, 0.3) is 0 Å². The van der Waals surface area contributed by atoms with Gasteiger partial charge in [0, 0.05) is 19.1 Å². The van der Waals surface area contributed by atoms with Gasteiger partial charge in [-0.15, -0.1) is 0 Å². The van der Waals surface area contributed by atoms with Gasteiger partial charge in [0.2, 0.25) is 0 Å². The fourth-order valence-corrected chi connectivity index (χ4v) is 2.90. The van der Waals surface area contributed by atoms with E-state index < -0.39 is 0 Å². The van der Waals surface area contributed by atoms with E-state index in [1.165, 1.54) is 12.8 Å². The summed E-state index contributed by atoms with van der Waals surface area (Å²) in [5.41, 5.74) is 0. The molecule has 3 unspecified atom stereocenters. The Morgan fingerprint density at radius 1 is 1.37 bits per heavy atom. The number of hydrogen-bond acceptors (Lipinski definition) is 4. The molecule has 5 heteroatoms. The van der Waals surface area contributed by atoms with Crippen LogP contribution >= 0.6 is 0 Å². The number of aliphatic hydroxyl groups excluding tert-OH is 1. The first-order valence-corrected chi connectivity index (χ1v) is 7.27. The first-order chi connectivity index (χ1) is 8.97. The van der Waals surface area contributed by atoms with Crippen molar-refractivity contribution in [2.75, 3.05) is 13.1 Å². The largest absolute Gasteiger partial charge is 0.392 e. The van der Waals surface area contributed by atoms with E-state index in [4.69, 9.17) is 0 Å². The van der Waals surface area contributed by atoms with Crippen molar-refractivity contribution in [3.63, 3.8) is 0 Å². The molecule has 1 saturated heterocycles. The number of aromatic nitrogens is 3. The van der Waals surface area contributed by atoms with Crippen LogP contribution in [0.3, 0.4) is 0 Å². The smallest absolute Gasteiger partial charge is 0.147 e. The maximum absolute atomic E-state index is 9.73. The molecule has 1 aromatic rings. The standard InChI is InChI=1S/C14H26N4O/c1-10(11(2)19)17-7-5-6-14(8-17)9-18-13(4)15-12(3)16-18/h10-11,14,19H,5-9H2,1-4H3. The molecule has 2 heterocycles. The Bertz CT molecular complexity index is 416. The topological polar surface area (TPSA) is 54.2 Å². The molecule has 5 nitrogen and oxygen atoms in total. The number of likely N-dealkylation sites (tertiary alicyclic amines) is 1. The molecule has 0 aliphatic carbocycles. The van der Waals surface area contributed by atoms with Crippen LogP contribution in [0.4, 0.5) is 0 Å². The Labute approximate surface area is 115 Å². The molecule has 19 heavy (non-hydrogen) atoms. The maximum Gasteiger partial charge on any atom is 0.147 e. The second-order valence-electron chi connectivity index (χ2n) is 5.87. The molecule has 3 atom stereocenters. The van der Waals surface area contributed by atoms with Crippen LogP contribution in [0.1, 0.15) is 38.3 Å². The van der Waals surface area contributed by atoms with Crippen LogP contribution in [-0.4, -0.2) is 50.0 Å². The summed E-state index contributed by atoms with van der Waals surface area (Å²) in [5.74, 6) is 2.45. The molecule has 2 rings (SSSR count). The number of nitrogens with zero attached hydrogens (tertiary/aromatic N) is 4. The van der Waals surface area contributed by atoms with Crippen molar-refractivity contribution in [3.8, 4) is 0 Å². The van der Waals surface area contributed by atoms with E-state index >= 15 is 0 Å². The lowest BCUT2D eigenvalue weighted by Crippen LogP contribution is -2.46. The maximum atomic E-state index is 9.73. The summed E-state index contributed by atoms with van der Waals surface area (Å²) in [5, 5.41) is 14.2. The van der Waals surface area contributed by atoms with Crippen molar-refractivity contribution in [1.82, 2.24) is 19.7 Å². The van der Waals surface area contributed by atoms with E-state index in [1.54, 1.807) is 0 Å². The molecule has 0 radical (unpaired) electrons. The Morgan fingerprint density at radius 2 is 2.11 bits per heavy atom. The van der Waals surface area contributed by atoms with Gasteiger partial charge in [-0.05, 0) is 53.0 Å². The van der Waals surface area contributed by atoms with Crippen LogP contribution in [0.25, 0.3) is 0 Å². The highest BCUT2D eigenvalue weighted by Crippen LogP contribution is 2.21. The second kappa shape index (κ2) is 6.01. The normalized spacial score (nSPS) is 24.4. The third-order valence-electron chi connectivity index (χ3n) is 4.22. The average Bonchev–Trinajstić information content (AvgIpc) is 2.67. The summed E-state index contributed by atoms with van der Waals surface area (Å²) >= 11 is 0. The van der Waals surface area contributed by atoms with E-state index in [0.29, 0.717) is 5.92 Å². The first kappa shape index (κ1) is 14.5. The van der Waals surface area contributed by atoms with Gasteiger partial charge in [0.1, 0.15) is 11.6 Å². The van der Waals surface area contributed by atoms with Gasteiger partial charge in [-0.25, -0.2) is 9.67 Å². The molecule has 1 aliphatic heterocycles. The molecule has 1 aliphatic rings. The van der Waals surface area contributed by atoms with Crippen molar-refractivity contribution in [2.45, 2.75) is 59.2 Å². The van der Waals surface area contributed by atoms with Gasteiger partial charge in [0.05, 0.1) is 6.10 Å². The van der Waals surface area contributed by atoms with Crippen LogP contribution in [0.15, 0.2) is 0 Å². The monoisotopic (exact) mass is 266 g/mol. The minimum atomic E-state index is -0.269. The van der Waals surface area contributed by atoms with Crippen LogP contribution in [0, 0.1) is 19.8 Å². The van der Waals surface area contributed by atoms with Crippen molar-refractivity contribution in [1.29, 1.82) is 0 Å². The molecule has 0 aromatic carbocycles. The minimum Gasteiger partial charge on any atom is -0.392 e. The Hall–Kier alpha value is -0.940. The van der Waals surface area contributed by atoms with Crippen molar-refractivity contribution in [2.24, 2.45) is 5.92 Å². The molecule has 1 N–H and O–H groups in total. The molecule has 1 fully saturated rings. The molecular weight excluding hydrogens is 240 g/mol. The van der Waals surface area contributed by atoms with Gasteiger partial charge < -0.3 is 5.11 Å². The summed E-state index contributed by atoms with van der Waals surface area (Å²) in [6.07, 6.45) is 2.17. The number of hydrogen-bond donors (Lipinski definition) is 1. The third kappa shape index (κ3) is 3.54. The van der Waals surface area contributed by atoms with Crippen LogP contribution in [0.2, 0.25) is 0 Å².